The highest BCUT2D eigenvalue weighted by Gasteiger charge is 2.29. The number of nitrogens with zero attached hydrogens (tertiary/aromatic N) is 2. The van der Waals surface area contributed by atoms with Gasteiger partial charge in [0.25, 0.3) is 0 Å². The van der Waals surface area contributed by atoms with E-state index in [1.807, 2.05) is 42.1 Å². The molecule has 0 radical (unpaired) electrons. The van der Waals surface area contributed by atoms with Crippen LogP contribution in [0, 0.1) is 5.92 Å². The van der Waals surface area contributed by atoms with Crippen LogP contribution in [0.5, 0.6) is 0 Å². The zero-order valence-electron chi connectivity index (χ0n) is 18.0. The number of hydrogen-bond acceptors (Lipinski definition) is 5. The Labute approximate surface area is 191 Å². The maximum atomic E-state index is 13.0. The number of para-hydroxylation sites is 1. The quantitative estimate of drug-likeness (QED) is 0.636. The molecule has 0 aromatic heterocycles. The van der Waals surface area contributed by atoms with Gasteiger partial charge in [-0.3, -0.25) is 9.69 Å². The number of carboxylic acids is 2. The number of carbonyl (C=O) groups excluding carboxylic acids is 1. The lowest BCUT2D eigenvalue weighted by atomic mass is 10.1. The van der Waals surface area contributed by atoms with Gasteiger partial charge >= 0.3 is 11.9 Å². The van der Waals surface area contributed by atoms with E-state index in [0.717, 1.165) is 28.6 Å². The van der Waals surface area contributed by atoms with Crippen LogP contribution in [0.25, 0.3) is 0 Å². The van der Waals surface area contributed by atoms with Gasteiger partial charge in [0.05, 0.1) is 17.9 Å². The van der Waals surface area contributed by atoms with Gasteiger partial charge in [-0.15, -0.1) is 0 Å². The Balaban J connectivity index is 0.000000312. The van der Waals surface area contributed by atoms with E-state index in [9.17, 15) is 14.4 Å². The summed E-state index contributed by atoms with van der Waals surface area (Å²) in [4.78, 5) is 38.2. The monoisotopic (exact) mass is 454 g/mol. The number of aliphatic carboxylic acids is 2. The molecule has 2 aliphatic rings. The van der Waals surface area contributed by atoms with Crippen molar-refractivity contribution in [1.29, 1.82) is 0 Å². The average molecular weight is 455 g/mol. The van der Waals surface area contributed by atoms with E-state index in [1.54, 1.807) is 11.8 Å². The molecule has 7 nitrogen and oxygen atoms in total. The first-order valence-electron chi connectivity index (χ1n) is 10.3. The highest BCUT2D eigenvalue weighted by Crippen LogP contribution is 2.48. The molecule has 1 saturated carbocycles. The van der Waals surface area contributed by atoms with Crippen LogP contribution in [0.15, 0.2) is 64.4 Å². The van der Waals surface area contributed by atoms with Crippen LogP contribution in [0.4, 0.5) is 11.4 Å². The summed E-state index contributed by atoms with van der Waals surface area (Å²) >= 11 is 1.76. The molecule has 1 aliphatic heterocycles. The molecular formula is C24H26N2O5S. The number of rotatable bonds is 6. The second-order valence-electron chi connectivity index (χ2n) is 8.00. The molecule has 1 amide bonds. The van der Waals surface area contributed by atoms with E-state index < -0.39 is 11.9 Å². The standard InChI is InChI=1S/C20H22N2OS.C4H4O4/c1-21(2)13-20(23)22-16-5-3-4-6-18(16)24-19-10-9-15(12-17(19)22)11-14-7-8-14;5-3(6)1-2-4(7)8/h3-6,9-10,12,14H,7-8,11,13H2,1-2H3;1-2H,(H,5,6)(H,7,8). The zero-order valence-corrected chi connectivity index (χ0v) is 18.8. The third-order valence-electron chi connectivity index (χ3n) is 4.88. The van der Waals surface area contributed by atoms with Crippen LogP contribution < -0.4 is 4.90 Å². The van der Waals surface area contributed by atoms with Crippen LogP contribution >= 0.6 is 11.8 Å². The Bertz CT molecular complexity index is 1030. The number of hydrogen-bond donors (Lipinski definition) is 2. The second-order valence-corrected chi connectivity index (χ2v) is 9.08. The molecular weight excluding hydrogens is 428 g/mol. The zero-order chi connectivity index (χ0) is 23.3. The highest BCUT2D eigenvalue weighted by atomic mass is 32.2. The summed E-state index contributed by atoms with van der Waals surface area (Å²) in [6.45, 7) is 0.408. The van der Waals surface area contributed by atoms with Gasteiger partial charge < -0.3 is 15.1 Å². The topological polar surface area (TPSA) is 98.2 Å². The molecule has 2 N–H and O–H groups in total. The summed E-state index contributed by atoms with van der Waals surface area (Å²) in [5.74, 6) is -1.55. The summed E-state index contributed by atoms with van der Waals surface area (Å²) in [7, 11) is 3.87. The Morgan fingerprint density at radius 3 is 2.22 bits per heavy atom. The molecule has 2 aromatic rings. The molecule has 32 heavy (non-hydrogen) atoms. The number of fused-ring (bicyclic) bond motifs is 2. The van der Waals surface area contributed by atoms with E-state index in [1.165, 1.54) is 23.3 Å². The van der Waals surface area contributed by atoms with Gasteiger partial charge in [0, 0.05) is 21.9 Å². The van der Waals surface area contributed by atoms with Crippen LogP contribution in [0.1, 0.15) is 18.4 Å². The lowest BCUT2D eigenvalue weighted by Crippen LogP contribution is -2.36. The Kier molecular flexibility index (Phi) is 7.71. The van der Waals surface area contributed by atoms with E-state index in [2.05, 4.69) is 24.3 Å². The van der Waals surface area contributed by atoms with Crippen LogP contribution in [0.2, 0.25) is 0 Å². The normalized spacial score (nSPS) is 14.4. The maximum absolute atomic E-state index is 13.0. The first kappa shape index (κ1) is 23.6. The predicted octanol–water partition coefficient (Wildman–Crippen LogP) is 4.04. The van der Waals surface area contributed by atoms with Crippen molar-refractivity contribution < 1.29 is 24.6 Å². The molecule has 0 bridgehead atoms. The Morgan fingerprint density at radius 2 is 1.62 bits per heavy atom. The number of benzene rings is 2. The number of carbonyl (C=O) groups is 3. The SMILES string of the molecule is CN(C)CC(=O)N1c2ccccc2Sc2ccc(CC3CC3)cc21.O=C(O)C=CC(=O)O. The fourth-order valence-corrected chi connectivity index (χ4v) is 4.37. The van der Waals surface area contributed by atoms with Gasteiger partial charge in [-0.05, 0) is 69.1 Å². The summed E-state index contributed by atoms with van der Waals surface area (Å²) in [5, 5.41) is 15.6. The molecule has 0 unspecified atom stereocenters. The fourth-order valence-electron chi connectivity index (χ4n) is 3.34. The Hall–Kier alpha value is -3.10. The molecule has 0 saturated heterocycles. The van der Waals surface area contributed by atoms with Crippen LogP contribution in [-0.2, 0) is 20.8 Å². The maximum Gasteiger partial charge on any atom is 0.328 e. The molecule has 0 atom stereocenters. The number of amides is 1. The molecule has 4 rings (SSSR count). The van der Waals surface area contributed by atoms with Gasteiger partial charge in [0.2, 0.25) is 5.91 Å². The molecule has 168 valence electrons. The van der Waals surface area contributed by atoms with Crippen LogP contribution in [0.3, 0.4) is 0 Å². The Morgan fingerprint density at radius 1 is 1.00 bits per heavy atom. The van der Waals surface area contributed by atoms with E-state index in [0.29, 0.717) is 18.7 Å². The van der Waals surface area contributed by atoms with E-state index >= 15 is 0 Å². The molecule has 0 spiro atoms. The average Bonchev–Trinajstić information content (AvgIpc) is 3.54. The number of anilines is 2. The summed E-state index contributed by atoms with van der Waals surface area (Å²) in [5.41, 5.74) is 3.40. The van der Waals surface area contributed by atoms with Crippen molar-refractivity contribution in [3.05, 3.63) is 60.2 Å². The van der Waals surface area contributed by atoms with Crippen molar-refractivity contribution in [2.24, 2.45) is 5.92 Å². The van der Waals surface area contributed by atoms with Gasteiger partial charge in [0.1, 0.15) is 0 Å². The summed E-state index contributed by atoms with van der Waals surface area (Å²) in [6, 6.07) is 14.8. The van der Waals surface area contributed by atoms with Crippen molar-refractivity contribution in [2.75, 3.05) is 25.5 Å². The molecule has 1 fully saturated rings. The third-order valence-corrected chi connectivity index (χ3v) is 6.01. The smallest absolute Gasteiger partial charge is 0.328 e. The highest BCUT2D eigenvalue weighted by molar-refractivity contribution is 7.99. The fraction of sp³-hybridized carbons (Fsp3) is 0.292. The van der Waals surface area contributed by atoms with Gasteiger partial charge in [-0.25, -0.2) is 9.59 Å². The lowest BCUT2D eigenvalue weighted by Gasteiger charge is -2.32. The first-order chi connectivity index (χ1) is 15.2. The van der Waals surface area contributed by atoms with E-state index in [-0.39, 0.29) is 5.91 Å². The third kappa shape index (κ3) is 6.45. The molecule has 1 heterocycles. The summed E-state index contributed by atoms with van der Waals surface area (Å²) < 4.78 is 0. The van der Waals surface area contributed by atoms with Crippen molar-refractivity contribution in [1.82, 2.24) is 4.90 Å². The second kappa shape index (κ2) is 10.5. The van der Waals surface area contributed by atoms with Crippen molar-refractivity contribution in [3.63, 3.8) is 0 Å². The minimum atomic E-state index is -1.26. The van der Waals surface area contributed by atoms with Crippen molar-refractivity contribution >= 4 is 41.0 Å². The minimum absolute atomic E-state index is 0.123. The number of likely N-dealkylation sites (N-methyl/N-ethyl adjacent to an activating group) is 1. The first-order valence-corrected chi connectivity index (χ1v) is 11.1. The lowest BCUT2D eigenvalue weighted by molar-refractivity contribution is -0.134. The summed E-state index contributed by atoms with van der Waals surface area (Å²) in [6.07, 6.45) is 4.94. The van der Waals surface area contributed by atoms with Gasteiger partial charge in [0.15, 0.2) is 0 Å². The van der Waals surface area contributed by atoms with Crippen molar-refractivity contribution in [2.45, 2.75) is 29.1 Å². The van der Waals surface area contributed by atoms with Gasteiger partial charge in [-0.1, -0.05) is 30.0 Å². The molecule has 2 aromatic carbocycles. The van der Waals surface area contributed by atoms with Gasteiger partial charge in [-0.2, -0.15) is 0 Å². The van der Waals surface area contributed by atoms with Crippen LogP contribution in [-0.4, -0.2) is 53.6 Å². The molecule has 8 heteroatoms. The minimum Gasteiger partial charge on any atom is -0.478 e. The predicted molar refractivity (Wildman–Crippen MR) is 124 cm³/mol. The van der Waals surface area contributed by atoms with Crippen molar-refractivity contribution in [3.8, 4) is 0 Å². The van der Waals surface area contributed by atoms with E-state index in [4.69, 9.17) is 10.2 Å². The molecule has 1 aliphatic carbocycles. The number of carboxylic acid groups (broad SMARTS) is 2. The largest absolute Gasteiger partial charge is 0.478 e.